The van der Waals surface area contributed by atoms with Crippen molar-refractivity contribution in [1.29, 1.82) is 0 Å². The van der Waals surface area contributed by atoms with Gasteiger partial charge in [0.25, 0.3) is 0 Å². The topological polar surface area (TPSA) is 80.4 Å². The van der Waals surface area contributed by atoms with Crippen molar-refractivity contribution in [3.63, 3.8) is 0 Å². The fourth-order valence-electron chi connectivity index (χ4n) is 1.42. The average Bonchev–Trinajstić information content (AvgIpc) is 2.17. The molecule has 0 fully saturated rings. The molecule has 0 radical (unpaired) electrons. The van der Waals surface area contributed by atoms with Crippen LogP contribution in [-0.2, 0) is 16.0 Å². The summed E-state index contributed by atoms with van der Waals surface area (Å²) in [4.78, 5) is 21.9. The molecule has 1 rings (SSSR count). The summed E-state index contributed by atoms with van der Waals surface area (Å²) in [6, 6.07) is 9.17. The molecule has 0 bridgehead atoms. The third kappa shape index (κ3) is 2.95. The molecule has 0 spiro atoms. The van der Waals surface area contributed by atoms with E-state index >= 15 is 0 Å². The Hall–Kier alpha value is -2.10. The third-order valence-electron chi connectivity index (χ3n) is 2.12. The maximum Gasteiger partial charge on any atom is 0.341 e. The fourth-order valence-corrected chi connectivity index (χ4v) is 1.42. The van der Waals surface area contributed by atoms with Crippen LogP contribution < -0.4 is 5.73 Å². The van der Waals surface area contributed by atoms with E-state index in [1.54, 1.807) is 0 Å². The van der Waals surface area contributed by atoms with E-state index in [0.717, 1.165) is 5.56 Å². The van der Waals surface area contributed by atoms with Gasteiger partial charge < -0.3 is 10.8 Å². The zero-order valence-electron chi connectivity index (χ0n) is 8.93. The van der Waals surface area contributed by atoms with Crippen LogP contribution in [-0.4, -0.2) is 16.9 Å². The highest BCUT2D eigenvalue weighted by molar-refractivity contribution is 6.16. The largest absolute Gasteiger partial charge is 0.477 e. The lowest BCUT2D eigenvalue weighted by Crippen LogP contribution is -2.18. The first-order valence-electron chi connectivity index (χ1n) is 4.79. The van der Waals surface area contributed by atoms with Crippen LogP contribution in [0.3, 0.4) is 0 Å². The van der Waals surface area contributed by atoms with Crippen molar-refractivity contribution in [2.45, 2.75) is 13.3 Å². The summed E-state index contributed by atoms with van der Waals surface area (Å²) in [6.07, 6.45) is 0.266. The lowest BCUT2D eigenvalue weighted by molar-refractivity contribution is -0.134. The first-order chi connectivity index (χ1) is 7.52. The van der Waals surface area contributed by atoms with Crippen molar-refractivity contribution in [2.75, 3.05) is 0 Å². The molecule has 0 atom stereocenters. The molecule has 0 unspecified atom stereocenters. The van der Waals surface area contributed by atoms with Gasteiger partial charge in [0.2, 0.25) is 0 Å². The number of carboxylic acid groups (broad SMARTS) is 1. The molecule has 84 valence electrons. The summed E-state index contributed by atoms with van der Waals surface area (Å²) in [5.41, 5.74) is 6.26. The second kappa shape index (κ2) is 5.11. The van der Waals surface area contributed by atoms with Gasteiger partial charge in [-0.2, -0.15) is 0 Å². The molecule has 0 heterocycles. The van der Waals surface area contributed by atoms with Gasteiger partial charge >= 0.3 is 5.97 Å². The molecule has 0 aliphatic heterocycles. The van der Waals surface area contributed by atoms with Crippen molar-refractivity contribution in [3.8, 4) is 0 Å². The molecule has 0 aliphatic rings. The van der Waals surface area contributed by atoms with Gasteiger partial charge in [-0.05, 0) is 12.5 Å². The fraction of sp³-hybridized carbons (Fsp3) is 0.167. The molecule has 0 aliphatic carbocycles. The van der Waals surface area contributed by atoms with E-state index in [1.165, 1.54) is 6.92 Å². The van der Waals surface area contributed by atoms with E-state index in [2.05, 4.69) is 0 Å². The van der Waals surface area contributed by atoms with E-state index in [4.69, 9.17) is 10.8 Å². The molecule has 0 amide bonds. The van der Waals surface area contributed by atoms with Gasteiger partial charge in [0.1, 0.15) is 5.57 Å². The minimum Gasteiger partial charge on any atom is -0.477 e. The maximum atomic E-state index is 11.1. The Morgan fingerprint density at radius 1 is 1.25 bits per heavy atom. The summed E-state index contributed by atoms with van der Waals surface area (Å²) < 4.78 is 0. The van der Waals surface area contributed by atoms with Crippen molar-refractivity contribution in [2.24, 2.45) is 5.73 Å². The predicted octanol–water partition coefficient (Wildman–Crippen LogP) is 1.12. The van der Waals surface area contributed by atoms with Crippen molar-refractivity contribution in [1.82, 2.24) is 0 Å². The van der Waals surface area contributed by atoms with E-state index < -0.39 is 11.8 Å². The number of benzene rings is 1. The Labute approximate surface area is 93.4 Å². The second-order valence-electron chi connectivity index (χ2n) is 3.42. The molecule has 1 aromatic rings. The van der Waals surface area contributed by atoms with Crippen molar-refractivity contribution < 1.29 is 14.7 Å². The number of carbonyl (C=O) groups excluding carboxylic acids is 1. The zero-order chi connectivity index (χ0) is 12.1. The number of aliphatic carboxylic acids is 1. The minimum absolute atomic E-state index is 0.0891. The number of allylic oxidation sites excluding steroid dienone is 1. The Morgan fingerprint density at radius 2 is 1.81 bits per heavy atom. The van der Waals surface area contributed by atoms with Crippen LogP contribution >= 0.6 is 0 Å². The summed E-state index contributed by atoms with van der Waals surface area (Å²) in [5, 5.41) is 8.83. The average molecular weight is 219 g/mol. The lowest BCUT2D eigenvalue weighted by Gasteiger charge is -2.05. The quantitative estimate of drug-likeness (QED) is 0.451. The van der Waals surface area contributed by atoms with Gasteiger partial charge in [-0.25, -0.2) is 4.79 Å². The lowest BCUT2D eigenvalue weighted by atomic mass is 10.0. The molecule has 4 heteroatoms. The van der Waals surface area contributed by atoms with E-state index in [0.29, 0.717) is 0 Å². The number of Topliss-reactive ketones (excluding diaryl/α,β-unsaturated/α-hetero) is 1. The standard InChI is InChI=1S/C12H13NO3/c1-8(14)11(12(15)16)10(13)7-9-5-3-2-4-6-9/h2-6H,7,13H2,1H3,(H,15,16)/b11-10+. The molecule has 1 aromatic carbocycles. The monoisotopic (exact) mass is 219 g/mol. The minimum atomic E-state index is -1.28. The molecule has 4 nitrogen and oxygen atoms in total. The first kappa shape index (κ1) is 12.0. The number of carboxylic acids is 1. The predicted molar refractivity (Wildman–Crippen MR) is 59.7 cm³/mol. The Balaban J connectivity index is 2.99. The zero-order valence-corrected chi connectivity index (χ0v) is 8.93. The van der Waals surface area contributed by atoms with Crippen LogP contribution in [0.5, 0.6) is 0 Å². The number of hydrogen-bond acceptors (Lipinski definition) is 3. The highest BCUT2D eigenvalue weighted by atomic mass is 16.4. The molecule has 16 heavy (non-hydrogen) atoms. The SMILES string of the molecule is CC(=O)/C(C(=O)O)=C(\N)Cc1ccccc1. The normalized spacial score (nSPS) is 11.8. The molecular weight excluding hydrogens is 206 g/mol. The molecular formula is C12H13NO3. The van der Waals surface area contributed by atoms with Gasteiger partial charge in [-0.15, -0.1) is 0 Å². The number of nitrogens with two attached hydrogens (primary N) is 1. The Kier molecular flexibility index (Phi) is 3.83. The van der Waals surface area contributed by atoms with Gasteiger partial charge in [0, 0.05) is 12.1 Å². The van der Waals surface area contributed by atoms with E-state index in [1.807, 2.05) is 30.3 Å². The van der Waals surface area contributed by atoms with Crippen LogP contribution in [0.1, 0.15) is 12.5 Å². The molecule has 0 saturated carbocycles. The van der Waals surface area contributed by atoms with Gasteiger partial charge in [-0.1, -0.05) is 30.3 Å². The van der Waals surface area contributed by atoms with E-state index in [-0.39, 0.29) is 17.7 Å². The molecule has 0 saturated heterocycles. The summed E-state index contributed by atoms with van der Waals surface area (Å²) in [5.74, 6) is -1.80. The van der Waals surface area contributed by atoms with Crippen molar-refractivity contribution in [3.05, 3.63) is 47.2 Å². The maximum absolute atomic E-state index is 11.1. The summed E-state index contributed by atoms with van der Waals surface area (Å²) in [6.45, 7) is 1.20. The van der Waals surface area contributed by atoms with Crippen molar-refractivity contribution >= 4 is 11.8 Å². The first-order valence-corrected chi connectivity index (χ1v) is 4.79. The van der Waals surface area contributed by atoms with Crippen LogP contribution in [0, 0.1) is 0 Å². The number of hydrogen-bond donors (Lipinski definition) is 2. The molecule has 0 aromatic heterocycles. The molecule has 3 N–H and O–H groups in total. The van der Waals surface area contributed by atoms with Crippen LogP contribution in [0.15, 0.2) is 41.6 Å². The number of ketones is 1. The third-order valence-corrected chi connectivity index (χ3v) is 2.12. The van der Waals surface area contributed by atoms with Crippen LogP contribution in [0.2, 0.25) is 0 Å². The van der Waals surface area contributed by atoms with Crippen LogP contribution in [0.4, 0.5) is 0 Å². The number of carbonyl (C=O) groups is 2. The Morgan fingerprint density at radius 3 is 2.25 bits per heavy atom. The highest BCUT2D eigenvalue weighted by Crippen LogP contribution is 2.09. The summed E-state index contributed by atoms with van der Waals surface area (Å²) in [7, 11) is 0. The second-order valence-corrected chi connectivity index (χ2v) is 3.42. The van der Waals surface area contributed by atoms with E-state index in [9.17, 15) is 9.59 Å². The Bertz CT molecular complexity index is 419. The smallest absolute Gasteiger partial charge is 0.341 e. The van der Waals surface area contributed by atoms with Gasteiger partial charge in [0.05, 0.1) is 0 Å². The highest BCUT2D eigenvalue weighted by Gasteiger charge is 2.17. The van der Waals surface area contributed by atoms with Gasteiger partial charge in [-0.3, -0.25) is 4.79 Å². The van der Waals surface area contributed by atoms with Gasteiger partial charge in [0.15, 0.2) is 5.78 Å². The van der Waals surface area contributed by atoms with Crippen LogP contribution in [0.25, 0.3) is 0 Å². The summed E-state index contributed by atoms with van der Waals surface area (Å²) >= 11 is 0. The number of rotatable bonds is 4.